The second-order valence-electron chi connectivity index (χ2n) is 6.02. The molecule has 1 heterocycles. The van der Waals surface area contributed by atoms with Gasteiger partial charge in [0.2, 0.25) is 0 Å². The lowest BCUT2D eigenvalue weighted by atomic mass is 10.4. The van der Waals surface area contributed by atoms with E-state index in [0.29, 0.717) is 0 Å². The normalized spacial score (nSPS) is 19.2. The lowest BCUT2D eigenvalue weighted by molar-refractivity contribution is 0.123. The van der Waals surface area contributed by atoms with Crippen LogP contribution in [0.2, 0.25) is 24.2 Å². The van der Waals surface area contributed by atoms with Gasteiger partial charge in [-0.15, -0.1) is 0 Å². The van der Waals surface area contributed by atoms with Crippen LogP contribution in [-0.2, 0) is 22.1 Å². The first-order valence-corrected chi connectivity index (χ1v) is 14.5. The van der Waals surface area contributed by atoms with E-state index in [1.165, 1.54) is 24.9 Å². The average molecular weight is 382 g/mol. The van der Waals surface area contributed by atoms with Crippen LogP contribution in [0, 0.1) is 0 Å². The second kappa shape index (κ2) is 11.1. The van der Waals surface area contributed by atoms with Gasteiger partial charge in [0.15, 0.2) is 0 Å². The van der Waals surface area contributed by atoms with Gasteiger partial charge in [-0.3, -0.25) is 4.57 Å². The third-order valence-corrected chi connectivity index (χ3v) is 13.4. The minimum absolute atomic E-state index is 0.00450. The average Bonchev–Trinajstić information content (AvgIpc) is 3.01. The summed E-state index contributed by atoms with van der Waals surface area (Å²) < 4.78 is 30.4. The van der Waals surface area contributed by atoms with Crippen molar-refractivity contribution in [1.29, 1.82) is 0 Å². The highest BCUT2D eigenvalue weighted by Crippen LogP contribution is 2.27. The Morgan fingerprint density at radius 1 is 0.957 bits per heavy atom. The molecule has 0 aromatic heterocycles. The summed E-state index contributed by atoms with van der Waals surface area (Å²) in [6.07, 6.45) is 3.64. The Kier molecular flexibility index (Phi) is 10.4. The third kappa shape index (κ3) is 6.01. The molecule has 1 aliphatic rings. The smallest absolute Gasteiger partial charge is 0.386 e. The SMILES string of the molecule is CO[Si](CCC[SiH2]CCCN1CCC[Si]1(OC)OC)(OC)OC. The third-order valence-electron chi connectivity index (χ3n) is 4.88. The van der Waals surface area contributed by atoms with E-state index in [4.69, 9.17) is 22.1 Å². The van der Waals surface area contributed by atoms with Crippen LogP contribution in [0.3, 0.4) is 0 Å². The second-order valence-corrected chi connectivity index (χ2v) is 14.6. The summed E-state index contributed by atoms with van der Waals surface area (Å²) in [7, 11) is 4.30. The highest BCUT2D eigenvalue weighted by Gasteiger charge is 2.46. The molecule has 0 aromatic rings. The summed E-state index contributed by atoms with van der Waals surface area (Å²) >= 11 is 0. The maximum absolute atomic E-state index is 5.75. The zero-order valence-electron chi connectivity index (χ0n) is 15.6. The van der Waals surface area contributed by atoms with Crippen molar-refractivity contribution in [2.24, 2.45) is 0 Å². The fourth-order valence-electron chi connectivity index (χ4n) is 3.38. The van der Waals surface area contributed by atoms with Gasteiger partial charge in [-0.2, -0.15) is 0 Å². The summed E-state index contributed by atoms with van der Waals surface area (Å²) in [6.45, 7) is 2.27. The van der Waals surface area contributed by atoms with Gasteiger partial charge in [-0.05, 0) is 25.9 Å². The van der Waals surface area contributed by atoms with Crippen molar-refractivity contribution in [2.45, 2.75) is 43.4 Å². The fourth-order valence-corrected chi connectivity index (χ4v) is 10.2. The van der Waals surface area contributed by atoms with Crippen molar-refractivity contribution in [2.75, 3.05) is 48.6 Å². The van der Waals surface area contributed by atoms with Crippen LogP contribution in [0.4, 0.5) is 0 Å². The zero-order valence-corrected chi connectivity index (χ0v) is 19.0. The van der Waals surface area contributed by atoms with Gasteiger partial charge in [-0.1, -0.05) is 18.5 Å². The Morgan fingerprint density at radius 2 is 1.57 bits per heavy atom. The largest absolute Gasteiger partial charge is 0.500 e. The molecule has 0 aliphatic carbocycles. The summed E-state index contributed by atoms with van der Waals surface area (Å²) in [5, 5.41) is 0. The van der Waals surface area contributed by atoms with Crippen LogP contribution in [0.5, 0.6) is 0 Å². The van der Waals surface area contributed by atoms with Crippen molar-refractivity contribution in [1.82, 2.24) is 4.57 Å². The molecule has 23 heavy (non-hydrogen) atoms. The van der Waals surface area contributed by atoms with Gasteiger partial charge in [0.05, 0.1) is 0 Å². The number of rotatable bonds is 13. The predicted molar refractivity (Wildman–Crippen MR) is 99.7 cm³/mol. The molecule has 0 unspecified atom stereocenters. The molecular formula is C14H35NO5Si3. The molecule has 0 N–H and O–H groups in total. The monoisotopic (exact) mass is 381 g/mol. The van der Waals surface area contributed by atoms with Gasteiger partial charge < -0.3 is 22.1 Å². The molecule has 1 fully saturated rings. The first-order valence-electron chi connectivity index (χ1n) is 8.63. The van der Waals surface area contributed by atoms with E-state index in [1.807, 2.05) is 0 Å². The molecule has 1 aliphatic heterocycles. The topological polar surface area (TPSA) is 49.4 Å². The summed E-state index contributed by atoms with van der Waals surface area (Å²) in [5.41, 5.74) is 0. The van der Waals surface area contributed by atoms with E-state index >= 15 is 0 Å². The van der Waals surface area contributed by atoms with Gasteiger partial charge in [0.25, 0.3) is 0 Å². The summed E-state index contributed by atoms with van der Waals surface area (Å²) in [5.74, 6) is 0. The van der Waals surface area contributed by atoms with Crippen LogP contribution in [-0.4, -0.2) is 80.3 Å². The Morgan fingerprint density at radius 3 is 2.13 bits per heavy atom. The van der Waals surface area contributed by atoms with Gasteiger partial charge in [0, 0.05) is 57.2 Å². The lowest BCUT2D eigenvalue weighted by Crippen LogP contribution is -2.53. The van der Waals surface area contributed by atoms with Crippen molar-refractivity contribution in [3.05, 3.63) is 0 Å². The Labute approximate surface area is 146 Å². The van der Waals surface area contributed by atoms with E-state index < -0.39 is 17.5 Å². The van der Waals surface area contributed by atoms with E-state index in [2.05, 4.69) is 4.57 Å². The van der Waals surface area contributed by atoms with Crippen molar-refractivity contribution in [3.8, 4) is 0 Å². The molecule has 0 spiro atoms. The molecule has 138 valence electrons. The Balaban J connectivity index is 2.14. The van der Waals surface area contributed by atoms with Crippen LogP contribution >= 0.6 is 0 Å². The van der Waals surface area contributed by atoms with Crippen LogP contribution < -0.4 is 0 Å². The predicted octanol–water partition coefficient (Wildman–Crippen LogP) is 1.59. The molecular weight excluding hydrogens is 346 g/mol. The zero-order chi connectivity index (χ0) is 17.2. The molecule has 0 saturated carbocycles. The Hall–Kier alpha value is 0.411. The Bertz CT molecular complexity index is 309. The molecule has 0 atom stereocenters. The van der Waals surface area contributed by atoms with Gasteiger partial charge in [-0.25, -0.2) is 0 Å². The molecule has 6 nitrogen and oxygen atoms in total. The standard InChI is InChI=1S/C14H35NO5Si3/c1-16-22(17-2)13-7-10-15(22)9-6-11-21-12-8-14-23(18-3,19-4)20-5/h6-14,21H2,1-5H3. The van der Waals surface area contributed by atoms with Gasteiger partial charge >= 0.3 is 17.5 Å². The molecule has 0 radical (unpaired) electrons. The minimum Gasteiger partial charge on any atom is -0.386 e. The van der Waals surface area contributed by atoms with Crippen molar-refractivity contribution < 1.29 is 22.1 Å². The first-order chi connectivity index (χ1) is 11.1. The van der Waals surface area contributed by atoms with E-state index in [9.17, 15) is 0 Å². The maximum atomic E-state index is 5.75. The van der Waals surface area contributed by atoms with Crippen molar-refractivity contribution >= 4 is 27.0 Å². The molecule has 9 heteroatoms. The maximum Gasteiger partial charge on any atom is 0.500 e. The quantitative estimate of drug-likeness (QED) is 0.357. The summed E-state index contributed by atoms with van der Waals surface area (Å²) in [6, 6.07) is 4.76. The van der Waals surface area contributed by atoms with Crippen molar-refractivity contribution in [3.63, 3.8) is 0 Å². The molecule has 0 bridgehead atoms. The lowest BCUT2D eigenvalue weighted by Gasteiger charge is -2.31. The fraction of sp³-hybridized carbons (Fsp3) is 1.00. The first kappa shape index (κ1) is 21.5. The highest BCUT2D eigenvalue weighted by atomic mass is 28.4. The number of hydrogen-bond donors (Lipinski definition) is 0. The van der Waals surface area contributed by atoms with E-state index in [1.54, 1.807) is 35.5 Å². The van der Waals surface area contributed by atoms with E-state index in [0.717, 1.165) is 31.6 Å². The molecule has 1 saturated heterocycles. The number of nitrogens with zero attached hydrogens (tertiary/aromatic N) is 1. The van der Waals surface area contributed by atoms with Crippen LogP contribution in [0.25, 0.3) is 0 Å². The summed E-state index contributed by atoms with van der Waals surface area (Å²) in [4.78, 5) is 0. The number of hydrogen-bond acceptors (Lipinski definition) is 6. The molecule has 0 aromatic carbocycles. The van der Waals surface area contributed by atoms with Gasteiger partial charge in [0.1, 0.15) is 0 Å². The van der Waals surface area contributed by atoms with Crippen LogP contribution in [0.1, 0.15) is 19.3 Å². The van der Waals surface area contributed by atoms with Crippen LogP contribution in [0.15, 0.2) is 0 Å². The minimum atomic E-state index is -2.35. The molecule has 1 rings (SSSR count). The van der Waals surface area contributed by atoms with E-state index in [-0.39, 0.29) is 9.52 Å². The highest BCUT2D eigenvalue weighted by molar-refractivity contribution is 6.65. The molecule has 0 amide bonds.